The molecule has 0 atom stereocenters. The average molecular weight is 229 g/mol. The molecule has 0 saturated carbocycles. The van der Waals surface area contributed by atoms with Gasteiger partial charge in [-0.15, -0.1) is 0 Å². The average Bonchev–Trinajstić information content (AvgIpc) is 2.35. The molecule has 0 aliphatic heterocycles. The summed E-state index contributed by atoms with van der Waals surface area (Å²) in [6.07, 6.45) is 3.53. The van der Waals surface area contributed by atoms with Crippen molar-refractivity contribution in [3.8, 4) is 0 Å². The van der Waals surface area contributed by atoms with Crippen LogP contribution in [0.5, 0.6) is 0 Å². The first-order valence-electron chi connectivity index (χ1n) is 5.64. The van der Waals surface area contributed by atoms with E-state index in [4.69, 9.17) is 0 Å². The number of aromatic nitrogens is 2. The van der Waals surface area contributed by atoms with Crippen molar-refractivity contribution in [2.75, 3.05) is 11.9 Å². The second-order valence-electron chi connectivity index (χ2n) is 3.71. The van der Waals surface area contributed by atoms with Gasteiger partial charge in [0.25, 0.3) is 5.56 Å². The quantitative estimate of drug-likeness (QED) is 0.868. The molecule has 1 N–H and O–H groups in total. The molecule has 0 amide bonds. The minimum atomic E-state index is -0.00111. The zero-order valence-corrected chi connectivity index (χ0v) is 9.76. The van der Waals surface area contributed by atoms with Crippen LogP contribution in [0.1, 0.15) is 12.5 Å². The predicted octanol–water partition coefficient (Wildman–Crippen LogP) is 1.72. The van der Waals surface area contributed by atoms with E-state index >= 15 is 0 Å². The van der Waals surface area contributed by atoms with E-state index in [0.29, 0.717) is 6.54 Å². The van der Waals surface area contributed by atoms with Crippen LogP contribution in [-0.2, 0) is 6.54 Å². The van der Waals surface area contributed by atoms with Crippen LogP contribution in [0, 0.1) is 0 Å². The molecular weight excluding hydrogens is 214 g/mol. The second-order valence-corrected chi connectivity index (χ2v) is 3.71. The van der Waals surface area contributed by atoms with Crippen LogP contribution < -0.4 is 10.9 Å². The lowest BCUT2D eigenvalue weighted by molar-refractivity contribution is 0.757. The summed E-state index contributed by atoms with van der Waals surface area (Å²) in [5.74, 6) is 0.839. The first kappa shape index (κ1) is 11.4. The highest BCUT2D eigenvalue weighted by molar-refractivity contribution is 5.43. The Morgan fingerprint density at radius 2 is 2.18 bits per heavy atom. The summed E-state index contributed by atoms with van der Waals surface area (Å²) in [7, 11) is 0. The molecule has 88 valence electrons. The van der Waals surface area contributed by atoms with Gasteiger partial charge in [-0.05, 0) is 19.1 Å². The molecule has 0 aliphatic carbocycles. The van der Waals surface area contributed by atoms with Crippen LogP contribution in [0.3, 0.4) is 0 Å². The summed E-state index contributed by atoms with van der Waals surface area (Å²) in [6.45, 7) is 3.37. The Balaban J connectivity index is 2.30. The molecule has 2 aromatic heterocycles. The Hall–Kier alpha value is -2.10. The smallest absolute Gasteiger partial charge is 0.250 e. The Morgan fingerprint density at radius 1 is 1.29 bits per heavy atom. The van der Waals surface area contributed by atoms with Crippen molar-refractivity contribution in [2.24, 2.45) is 0 Å². The maximum absolute atomic E-state index is 11.6. The molecular formula is C13H15N3O. The third kappa shape index (κ3) is 2.72. The lowest BCUT2D eigenvalue weighted by atomic mass is 10.2. The lowest BCUT2D eigenvalue weighted by Gasteiger charge is -2.10. The van der Waals surface area contributed by atoms with Gasteiger partial charge >= 0.3 is 0 Å². The van der Waals surface area contributed by atoms with Gasteiger partial charge in [-0.1, -0.05) is 12.1 Å². The molecule has 0 fully saturated rings. The van der Waals surface area contributed by atoms with Gasteiger partial charge in [-0.3, -0.25) is 4.79 Å². The van der Waals surface area contributed by atoms with Crippen LogP contribution in [0.2, 0.25) is 0 Å². The molecule has 4 nitrogen and oxygen atoms in total. The Kier molecular flexibility index (Phi) is 3.55. The van der Waals surface area contributed by atoms with Crippen molar-refractivity contribution >= 4 is 5.82 Å². The zero-order chi connectivity index (χ0) is 12.1. The first-order chi connectivity index (χ1) is 8.31. The summed E-state index contributed by atoms with van der Waals surface area (Å²) in [4.78, 5) is 15.9. The minimum Gasteiger partial charge on any atom is -0.370 e. The maximum atomic E-state index is 11.6. The fourth-order valence-corrected chi connectivity index (χ4v) is 1.67. The predicted molar refractivity (Wildman–Crippen MR) is 68.2 cm³/mol. The number of hydrogen-bond donors (Lipinski definition) is 1. The number of nitrogens with one attached hydrogen (secondary N) is 1. The van der Waals surface area contributed by atoms with E-state index < -0.39 is 0 Å². The zero-order valence-electron chi connectivity index (χ0n) is 9.76. The molecule has 4 heteroatoms. The van der Waals surface area contributed by atoms with Crippen molar-refractivity contribution in [3.05, 3.63) is 58.6 Å². The fraction of sp³-hybridized carbons (Fsp3) is 0.231. The van der Waals surface area contributed by atoms with E-state index in [-0.39, 0.29) is 5.56 Å². The molecule has 0 aromatic carbocycles. The molecule has 2 rings (SSSR count). The molecule has 0 aliphatic rings. The number of rotatable bonds is 4. The summed E-state index contributed by atoms with van der Waals surface area (Å²) in [5, 5.41) is 3.19. The van der Waals surface area contributed by atoms with Gasteiger partial charge in [0, 0.05) is 30.6 Å². The summed E-state index contributed by atoms with van der Waals surface area (Å²) in [6, 6.07) is 9.01. The number of pyridine rings is 2. The molecule has 0 unspecified atom stereocenters. The molecule has 0 bridgehead atoms. The monoisotopic (exact) mass is 229 g/mol. The van der Waals surface area contributed by atoms with Crippen LogP contribution in [0.4, 0.5) is 5.82 Å². The van der Waals surface area contributed by atoms with Crippen LogP contribution in [0.25, 0.3) is 0 Å². The fourth-order valence-electron chi connectivity index (χ4n) is 1.67. The maximum Gasteiger partial charge on any atom is 0.250 e. The molecule has 2 aromatic rings. The van der Waals surface area contributed by atoms with Gasteiger partial charge < -0.3 is 9.88 Å². The van der Waals surface area contributed by atoms with E-state index in [0.717, 1.165) is 17.9 Å². The number of hydrogen-bond acceptors (Lipinski definition) is 3. The highest BCUT2D eigenvalue weighted by atomic mass is 16.1. The molecule has 0 saturated heterocycles. The van der Waals surface area contributed by atoms with Gasteiger partial charge in [0.15, 0.2) is 0 Å². The van der Waals surface area contributed by atoms with Crippen molar-refractivity contribution in [2.45, 2.75) is 13.5 Å². The van der Waals surface area contributed by atoms with Gasteiger partial charge in [0.1, 0.15) is 5.82 Å². The highest BCUT2D eigenvalue weighted by Crippen LogP contribution is 2.11. The van der Waals surface area contributed by atoms with Crippen molar-refractivity contribution in [1.29, 1.82) is 0 Å². The molecule has 17 heavy (non-hydrogen) atoms. The van der Waals surface area contributed by atoms with Crippen molar-refractivity contribution < 1.29 is 0 Å². The standard InChI is InChI=1S/C13H15N3O/c1-2-14-13-11(6-5-8-15-13)10-16-9-4-3-7-12(16)17/h3-9H,2,10H2,1H3,(H,14,15). The second kappa shape index (κ2) is 5.30. The minimum absolute atomic E-state index is 0.00111. The van der Waals surface area contributed by atoms with Crippen LogP contribution in [0.15, 0.2) is 47.5 Å². The van der Waals surface area contributed by atoms with Crippen LogP contribution >= 0.6 is 0 Å². The topological polar surface area (TPSA) is 46.9 Å². The van der Waals surface area contributed by atoms with E-state index in [1.807, 2.05) is 25.1 Å². The molecule has 0 radical (unpaired) electrons. The SMILES string of the molecule is CCNc1ncccc1Cn1ccccc1=O. The number of anilines is 1. The molecule has 2 heterocycles. The van der Waals surface area contributed by atoms with Crippen molar-refractivity contribution in [3.63, 3.8) is 0 Å². The largest absolute Gasteiger partial charge is 0.370 e. The number of nitrogens with zero attached hydrogens (tertiary/aromatic N) is 2. The summed E-state index contributed by atoms with van der Waals surface area (Å²) >= 11 is 0. The Morgan fingerprint density at radius 3 is 2.94 bits per heavy atom. The highest BCUT2D eigenvalue weighted by Gasteiger charge is 2.03. The van der Waals surface area contributed by atoms with E-state index in [2.05, 4.69) is 10.3 Å². The Bertz CT molecular complexity index is 548. The van der Waals surface area contributed by atoms with Gasteiger partial charge in [-0.2, -0.15) is 0 Å². The normalized spacial score (nSPS) is 10.2. The van der Waals surface area contributed by atoms with Crippen LogP contribution in [-0.4, -0.2) is 16.1 Å². The third-order valence-electron chi connectivity index (χ3n) is 2.48. The Labute approximate surface area is 99.9 Å². The van der Waals surface area contributed by atoms with Gasteiger partial charge in [-0.25, -0.2) is 4.98 Å². The lowest BCUT2D eigenvalue weighted by Crippen LogP contribution is -2.19. The molecule has 0 spiro atoms. The van der Waals surface area contributed by atoms with Gasteiger partial charge in [0.2, 0.25) is 0 Å². The third-order valence-corrected chi connectivity index (χ3v) is 2.48. The van der Waals surface area contributed by atoms with E-state index in [1.165, 1.54) is 0 Å². The van der Waals surface area contributed by atoms with Gasteiger partial charge in [0.05, 0.1) is 6.54 Å². The van der Waals surface area contributed by atoms with Crippen molar-refractivity contribution in [1.82, 2.24) is 9.55 Å². The summed E-state index contributed by atoms with van der Waals surface area (Å²) < 4.78 is 1.66. The first-order valence-corrected chi connectivity index (χ1v) is 5.64. The van der Waals surface area contributed by atoms with E-state index in [9.17, 15) is 4.79 Å². The van der Waals surface area contributed by atoms with E-state index in [1.54, 1.807) is 29.1 Å². The summed E-state index contributed by atoms with van der Waals surface area (Å²) in [5.41, 5.74) is 1.02.